The van der Waals surface area contributed by atoms with E-state index in [1.807, 2.05) is 0 Å². The minimum absolute atomic E-state index is 0.189. The quantitative estimate of drug-likeness (QED) is 0.554. The molecule has 1 fully saturated rings. The van der Waals surface area contributed by atoms with Crippen molar-refractivity contribution in [2.45, 2.75) is 90.0 Å². The Labute approximate surface area is 120 Å². The van der Waals surface area contributed by atoms with Crippen LogP contribution in [0.3, 0.4) is 0 Å². The molecule has 1 heterocycles. The van der Waals surface area contributed by atoms with Crippen LogP contribution in [0.15, 0.2) is 0 Å². The molecule has 0 amide bonds. The van der Waals surface area contributed by atoms with E-state index in [0.29, 0.717) is 0 Å². The lowest BCUT2D eigenvalue weighted by atomic mass is 10.0. The smallest absolute Gasteiger partial charge is 0.0977 e. The highest BCUT2D eigenvalue weighted by Crippen LogP contribution is 2.17. The number of likely N-dealkylation sites (tertiary alicyclic amines) is 1. The van der Waals surface area contributed by atoms with Crippen molar-refractivity contribution in [1.29, 1.82) is 5.26 Å². The topological polar surface area (TPSA) is 27.0 Å². The van der Waals surface area contributed by atoms with Gasteiger partial charge in [0.1, 0.15) is 0 Å². The van der Waals surface area contributed by atoms with Crippen LogP contribution in [-0.4, -0.2) is 24.0 Å². The van der Waals surface area contributed by atoms with E-state index in [2.05, 4.69) is 17.9 Å². The molecule has 19 heavy (non-hydrogen) atoms. The van der Waals surface area contributed by atoms with E-state index in [4.69, 9.17) is 0 Å². The molecule has 1 aliphatic rings. The maximum Gasteiger partial charge on any atom is 0.0977 e. The number of hydrogen-bond acceptors (Lipinski definition) is 2. The Morgan fingerprint density at radius 3 is 2.05 bits per heavy atom. The minimum atomic E-state index is 0.189. The molecule has 0 aliphatic carbocycles. The molecule has 0 radical (unpaired) electrons. The van der Waals surface area contributed by atoms with Gasteiger partial charge in [-0.1, -0.05) is 64.7 Å². The van der Waals surface area contributed by atoms with Crippen LogP contribution in [0.5, 0.6) is 0 Å². The second-order valence-corrected chi connectivity index (χ2v) is 6.01. The summed E-state index contributed by atoms with van der Waals surface area (Å²) in [5, 5.41) is 9.35. The lowest BCUT2D eigenvalue weighted by Gasteiger charge is -2.25. The third-order valence-corrected chi connectivity index (χ3v) is 4.31. The SMILES string of the molecule is CCCCCCCCCC(C#N)N1CCCCCC1. The van der Waals surface area contributed by atoms with Gasteiger partial charge in [0.25, 0.3) is 0 Å². The van der Waals surface area contributed by atoms with Gasteiger partial charge in [-0.05, 0) is 32.4 Å². The fourth-order valence-corrected chi connectivity index (χ4v) is 3.03. The molecule has 1 atom stereocenters. The standard InChI is InChI=1S/C17H32N2/c1-2-3-4-5-6-7-10-13-17(16-18)19-14-11-8-9-12-15-19/h17H,2-15H2,1H3. The molecule has 1 aliphatic heterocycles. The average Bonchev–Trinajstić information content (AvgIpc) is 2.71. The van der Waals surface area contributed by atoms with Crippen LogP contribution < -0.4 is 0 Å². The first-order valence-electron chi connectivity index (χ1n) is 8.52. The predicted octanol–water partition coefficient (Wildman–Crippen LogP) is 4.90. The Balaban J connectivity index is 2.09. The van der Waals surface area contributed by atoms with Crippen molar-refractivity contribution in [3.63, 3.8) is 0 Å². The number of unbranched alkanes of at least 4 members (excludes halogenated alkanes) is 6. The van der Waals surface area contributed by atoms with Gasteiger partial charge in [0.15, 0.2) is 0 Å². The molecule has 0 aromatic rings. The van der Waals surface area contributed by atoms with Crippen LogP contribution >= 0.6 is 0 Å². The second kappa shape index (κ2) is 11.3. The van der Waals surface area contributed by atoms with Gasteiger partial charge in [-0.2, -0.15) is 5.26 Å². The first-order chi connectivity index (χ1) is 9.38. The van der Waals surface area contributed by atoms with E-state index in [1.165, 1.54) is 70.6 Å². The Morgan fingerprint density at radius 2 is 1.47 bits per heavy atom. The Hall–Kier alpha value is -0.550. The summed E-state index contributed by atoms with van der Waals surface area (Å²) < 4.78 is 0. The fourth-order valence-electron chi connectivity index (χ4n) is 3.03. The molecule has 2 heteroatoms. The highest BCUT2D eigenvalue weighted by Gasteiger charge is 2.18. The minimum Gasteiger partial charge on any atom is -0.288 e. The zero-order chi connectivity index (χ0) is 13.8. The van der Waals surface area contributed by atoms with Crippen LogP contribution in [0.4, 0.5) is 0 Å². The highest BCUT2D eigenvalue weighted by atomic mass is 15.1. The summed E-state index contributed by atoms with van der Waals surface area (Å²) >= 11 is 0. The Kier molecular flexibility index (Phi) is 9.81. The van der Waals surface area contributed by atoms with Gasteiger partial charge in [-0.15, -0.1) is 0 Å². The maximum atomic E-state index is 9.35. The van der Waals surface area contributed by atoms with Crippen LogP contribution in [0.1, 0.15) is 84.0 Å². The summed E-state index contributed by atoms with van der Waals surface area (Å²) in [6.45, 7) is 4.56. The number of nitriles is 1. The van der Waals surface area contributed by atoms with E-state index < -0.39 is 0 Å². The molecule has 110 valence electrons. The summed E-state index contributed by atoms with van der Waals surface area (Å²) in [6.07, 6.45) is 15.8. The van der Waals surface area contributed by atoms with E-state index in [-0.39, 0.29) is 6.04 Å². The van der Waals surface area contributed by atoms with Crippen LogP contribution in [0.2, 0.25) is 0 Å². The number of hydrogen-bond donors (Lipinski definition) is 0. The maximum absolute atomic E-state index is 9.35. The molecule has 0 bridgehead atoms. The third kappa shape index (κ3) is 7.57. The van der Waals surface area contributed by atoms with E-state index in [1.54, 1.807) is 0 Å². The van der Waals surface area contributed by atoms with Gasteiger partial charge < -0.3 is 0 Å². The molecule has 1 rings (SSSR count). The van der Waals surface area contributed by atoms with Crippen molar-refractivity contribution in [3.8, 4) is 6.07 Å². The first-order valence-corrected chi connectivity index (χ1v) is 8.52. The van der Waals surface area contributed by atoms with Gasteiger partial charge in [-0.25, -0.2) is 0 Å². The van der Waals surface area contributed by atoms with Crippen molar-refractivity contribution in [1.82, 2.24) is 4.90 Å². The molecule has 0 aromatic heterocycles. The van der Waals surface area contributed by atoms with Crippen molar-refractivity contribution in [3.05, 3.63) is 0 Å². The number of nitrogens with zero attached hydrogens (tertiary/aromatic N) is 2. The summed E-state index contributed by atoms with van der Waals surface area (Å²) in [4.78, 5) is 2.43. The third-order valence-electron chi connectivity index (χ3n) is 4.31. The van der Waals surface area contributed by atoms with Crippen molar-refractivity contribution in [2.24, 2.45) is 0 Å². The molecule has 0 N–H and O–H groups in total. The molecule has 1 unspecified atom stereocenters. The Bertz CT molecular complexity index is 236. The van der Waals surface area contributed by atoms with Gasteiger partial charge in [-0.3, -0.25) is 4.90 Å². The molecular formula is C17H32N2. The van der Waals surface area contributed by atoms with Crippen LogP contribution in [-0.2, 0) is 0 Å². The van der Waals surface area contributed by atoms with Gasteiger partial charge in [0.05, 0.1) is 12.1 Å². The van der Waals surface area contributed by atoms with Gasteiger partial charge >= 0.3 is 0 Å². The summed E-state index contributed by atoms with van der Waals surface area (Å²) in [7, 11) is 0. The largest absolute Gasteiger partial charge is 0.288 e. The summed E-state index contributed by atoms with van der Waals surface area (Å²) in [6, 6.07) is 2.73. The van der Waals surface area contributed by atoms with Crippen molar-refractivity contribution in [2.75, 3.05) is 13.1 Å². The van der Waals surface area contributed by atoms with Crippen molar-refractivity contribution >= 4 is 0 Å². The van der Waals surface area contributed by atoms with Crippen LogP contribution in [0.25, 0.3) is 0 Å². The lowest BCUT2D eigenvalue weighted by Crippen LogP contribution is -2.35. The monoisotopic (exact) mass is 264 g/mol. The fraction of sp³-hybridized carbons (Fsp3) is 0.941. The van der Waals surface area contributed by atoms with E-state index in [9.17, 15) is 5.26 Å². The molecule has 1 saturated heterocycles. The normalized spacial score (nSPS) is 18.7. The number of rotatable bonds is 9. The predicted molar refractivity (Wildman–Crippen MR) is 82.1 cm³/mol. The molecule has 0 aromatic carbocycles. The second-order valence-electron chi connectivity index (χ2n) is 6.01. The Morgan fingerprint density at radius 1 is 0.895 bits per heavy atom. The molecule has 0 saturated carbocycles. The van der Waals surface area contributed by atoms with Gasteiger partial charge in [0, 0.05) is 0 Å². The van der Waals surface area contributed by atoms with E-state index >= 15 is 0 Å². The average molecular weight is 264 g/mol. The zero-order valence-corrected chi connectivity index (χ0v) is 12.9. The highest BCUT2D eigenvalue weighted by molar-refractivity contribution is 4.92. The molecule has 0 spiro atoms. The molecular weight excluding hydrogens is 232 g/mol. The summed E-state index contributed by atoms with van der Waals surface area (Å²) in [5.41, 5.74) is 0. The first kappa shape index (κ1) is 16.5. The van der Waals surface area contributed by atoms with Gasteiger partial charge in [0.2, 0.25) is 0 Å². The van der Waals surface area contributed by atoms with E-state index in [0.717, 1.165) is 19.5 Å². The molecule has 2 nitrogen and oxygen atoms in total. The van der Waals surface area contributed by atoms with Crippen molar-refractivity contribution < 1.29 is 0 Å². The summed E-state index contributed by atoms with van der Waals surface area (Å²) in [5.74, 6) is 0. The lowest BCUT2D eigenvalue weighted by molar-refractivity contribution is 0.230. The zero-order valence-electron chi connectivity index (χ0n) is 12.9. The van der Waals surface area contributed by atoms with Crippen LogP contribution in [0, 0.1) is 11.3 Å².